The lowest BCUT2D eigenvalue weighted by molar-refractivity contribution is 0.281. The van der Waals surface area contributed by atoms with Crippen LogP contribution in [0.15, 0.2) is 41.3 Å². The van der Waals surface area contributed by atoms with Crippen LogP contribution < -0.4 is 10.1 Å². The van der Waals surface area contributed by atoms with Crippen molar-refractivity contribution in [2.24, 2.45) is 0 Å². The van der Waals surface area contributed by atoms with Gasteiger partial charge in [0.25, 0.3) is 0 Å². The topological polar surface area (TPSA) is 92.8 Å². The fourth-order valence-electron chi connectivity index (χ4n) is 4.31. The molecule has 182 valence electrons. The first-order valence-electron chi connectivity index (χ1n) is 10.6. The molecule has 1 saturated heterocycles. The van der Waals surface area contributed by atoms with E-state index in [0.717, 1.165) is 5.56 Å². The largest absolute Gasteiger partial charge is 0.496 e. The van der Waals surface area contributed by atoms with Crippen molar-refractivity contribution >= 4 is 19.7 Å². The Bertz CT molecular complexity index is 1210. The van der Waals surface area contributed by atoms with E-state index in [0.29, 0.717) is 23.4 Å². The van der Waals surface area contributed by atoms with Gasteiger partial charge in [0, 0.05) is 18.6 Å². The summed E-state index contributed by atoms with van der Waals surface area (Å²) < 4.78 is 70.8. The number of hydrogen-bond acceptors (Lipinski definition) is 7. The number of nitrogens with one attached hydrogen (secondary N) is 1. The number of likely N-dealkylation sites (N-methyl/N-ethyl adjacent to an activating group) is 1. The molecule has 2 aromatic carbocycles. The van der Waals surface area contributed by atoms with Gasteiger partial charge in [0.2, 0.25) is 0 Å². The van der Waals surface area contributed by atoms with Gasteiger partial charge in [-0.25, -0.2) is 21.2 Å². The minimum absolute atomic E-state index is 0.123. The van der Waals surface area contributed by atoms with E-state index in [1.54, 1.807) is 38.1 Å². The van der Waals surface area contributed by atoms with E-state index in [4.69, 9.17) is 4.74 Å². The average molecular weight is 499 g/mol. The van der Waals surface area contributed by atoms with Crippen LogP contribution in [-0.2, 0) is 19.7 Å². The minimum Gasteiger partial charge on any atom is -0.496 e. The summed E-state index contributed by atoms with van der Waals surface area (Å²) in [6.45, 7) is 3.74. The molecule has 3 rings (SSSR count). The highest BCUT2D eigenvalue weighted by molar-refractivity contribution is 7.96. The Kier molecular flexibility index (Phi) is 7.52. The predicted octanol–water partition coefficient (Wildman–Crippen LogP) is 2.28. The molecule has 2 aromatic rings. The summed E-state index contributed by atoms with van der Waals surface area (Å²) in [5.41, 5.74) is 2.02. The Hall–Kier alpha value is -2.01. The van der Waals surface area contributed by atoms with Crippen LogP contribution in [0.2, 0.25) is 0 Å². The molecule has 0 aliphatic carbocycles. The van der Waals surface area contributed by atoms with E-state index in [-0.39, 0.29) is 22.5 Å². The van der Waals surface area contributed by atoms with Gasteiger partial charge in [0.1, 0.15) is 11.6 Å². The highest BCUT2D eigenvalue weighted by Gasteiger charge is 2.46. The van der Waals surface area contributed by atoms with E-state index < -0.39 is 36.7 Å². The summed E-state index contributed by atoms with van der Waals surface area (Å²) >= 11 is 0. The number of nitrogens with zero attached hydrogens (tertiary/aromatic N) is 1. The first-order chi connectivity index (χ1) is 15.4. The summed E-state index contributed by atoms with van der Waals surface area (Å²) in [5.74, 6) is -0.453. The molecule has 3 atom stereocenters. The molecular formula is C23H31FN2O5S2. The highest BCUT2D eigenvalue weighted by atomic mass is 32.2. The van der Waals surface area contributed by atoms with E-state index >= 15 is 0 Å². The minimum atomic E-state index is -3.94. The molecule has 7 nitrogen and oxygen atoms in total. The SMILES string of the molecule is COc1cc(C)c(S(=O)(=O)[C@H]2CS(=O)(=O)C[C@@H]2NCC(c2ccc(F)cc2)N(C)C)cc1C. The Morgan fingerprint density at radius 1 is 1.12 bits per heavy atom. The monoisotopic (exact) mass is 498 g/mol. The maximum Gasteiger partial charge on any atom is 0.184 e. The maximum absolute atomic E-state index is 13.6. The van der Waals surface area contributed by atoms with Gasteiger partial charge in [0.15, 0.2) is 19.7 Å². The number of sulfone groups is 2. The van der Waals surface area contributed by atoms with Crippen LogP contribution >= 0.6 is 0 Å². The van der Waals surface area contributed by atoms with Crippen LogP contribution in [0.3, 0.4) is 0 Å². The van der Waals surface area contributed by atoms with Crippen LogP contribution in [0.25, 0.3) is 0 Å². The van der Waals surface area contributed by atoms with Gasteiger partial charge in [-0.05, 0) is 68.9 Å². The van der Waals surface area contributed by atoms with Crippen molar-refractivity contribution in [2.45, 2.75) is 36.1 Å². The lowest BCUT2D eigenvalue weighted by Crippen LogP contribution is -2.46. The third-order valence-corrected chi connectivity index (χ3v) is 10.4. The molecule has 33 heavy (non-hydrogen) atoms. The highest BCUT2D eigenvalue weighted by Crippen LogP contribution is 2.32. The molecular weight excluding hydrogens is 467 g/mol. The number of rotatable bonds is 8. The molecule has 0 radical (unpaired) electrons. The normalized spacial score (nSPS) is 21.3. The molecule has 0 aromatic heterocycles. The lowest BCUT2D eigenvalue weighted by Gasteiger charge is -2.28. The Labute approximate surface area is 195 Å². The number of ether oxygens (including phenoxy) is 1. The van der Waals surface area contributed by atoms with Crippen molar-refractivity contribution in [2.75, 3.05) is 39.3 Å². The average Bonchev–Trinajstić information content (AvgIpc) is 3.05. The van der Waals surface area contributed by atoms with Gasteiger partial charge < -0.3 is 15.0 Å². The molecule has 0 saturated carbocycles. The van der Waals surface area contributed by atoms with Gasteiger partial charge in [0.05, 0.1) is 28.8 Å². The molecule has 1 aliphatic rings. The molecule has 10 heteroatoms. The van der Waals surface area contributed by atoms with Crippen molar-refractivity contribution in [3.63, 3.8) is 0 Å². The lowest BCUT2D eigenvalue weighted by atomic mass is 10.1. The van der Waals surface area contributed by atoms with Gasteiger partial charge in [-0.15, -0.1) is 0 Å². The molecule has 1 N–H and O–H groups in total. The summed E-state index contributed by atoms with van der Waals surface area (Å²) in [6.07, 6.45) is 0. The van der Waals surface area contributed by atoms with Gasteiger partial charge in [-0.3, -0.25) is 0 Å². The summed E-state index contributed by atoms with van der Waals surface area (Å²) in [4.78, 5) is 2.04. The Morgan fingerprint density at radius 3 is 2.33 bits per heavy atom. The number of halogens is 1. The number of hydrogen-bond donors (Lipinski definition) is 1. The Balaban J connectivity index is 1.90. The summed E-state index contributed by atoms with van der Waals surface area (Å²) in [5, 5.41) is 2.09. The van der Waals surface area contributed by atoms with Crippen molar-refractivity contribution < 1.29 is 26.0 Å². The fraction of sp³-hybridized carbons (Fsp3) is 0.478. The smallest absolute Gasteiger partial charge is 0.184 e. The third-order valence-electron chi connectivity index (χ3n) is 6.15. The van der Waals surface area contributed by atoms with Gasteiger partial charge in [-0.2, -0.15) is 0 Å². The number of aryl methyl sites for hydroxylation is 2. The van der Waals surface area contributed by atoms with E-state index in [2.05, 4.69) is 5.32 Å². The van der Waals surface area contributed by atoms with Crippen molar-refractivity contribution in [1.82, 2.24) is 10.2 Å². The molecule has 1 aliphatic heterocycles. The van der Waals surface area contributed by atoms with Crippen LogP contribution in [0, 0.1) is 19.7 Å². The zero-order valence-corrected chi connectivity index (χ0v) is 21.1. The van der Waals surface area contributed by atoms with E-state index in [9.17, 15) is 21.2 Å². The first kappa shape index (κ1) is 25.6. The van der Waals surface area contributed by atoms with Gasteiger partial charge in [-0.1, -0.05) is 12.1 Å². The predicted molar refractivity (Wildman–Crippen MR) is 127 cm³/mol. The zero-order valence-electron chi connectivity index (χ0n) is 19.5. The summed E-state index contributed by atoms with van der Waals surface area (Å²) in [7, 11) is -2.24. The van der Waals surface area contributed by atoms with Crippen LogP contribution in [0.5, 0.6) is 5.75 Å². The molecule has 1 heterocycles. The molecule has 0 bridgehead atoms. The van der Waals surface area contributed by atoms with Gasteiger partial charge >= 0.3 is 0 Å². The molecule has 1 unspecified atom stereocenters. The zero-order chi connectivity index (χ0) is 24.6. The van der Waals surface area contributed by atoms with Crippen molar-refractivity contribution in [1.29, 1.82) is 0 Å². The van der Waals surface area contributed by atoms with Crippen molar-refractivity contribution in [3.8, 4) is 5.75 Å². The standard InChI is InChI=1S/C23H31FN2O5S2/c1-15-11-22(16(2)10-21(15)31-5)33(29,30)23-14-32(27,28)13-19(23)25-12-20(26(3)4)17-6-8-18(24)9-7-17/h6-11,19-20,23,25H,12-14H2,1-5H3/t19-,20?,23-/m0/s1. The summed E-state index contributed by atoms with van der Waals surface area (Å²) in [6, 6.07) is 8.33. The quantitative estimate of drug-likeness (QED) is 0.597. The maximum atomic E-state index is 13.6. The second-order valence-electron chi connectivity index (χ2n) is 8.79. The second-order valence-corrected chi connectivity index (χ2v) is 13.1. The molecule has 1 fully saturated rings. The van der Waals surface area contributed by atoms with Crippen LogP contribution in [0.1, 0.15) is 22.7 Å². The first-order valence-corrected chi connectivity index (χ1v) is 14.0. The van der Waals surface area contributed by atoms with Crippen LogP contribution in [-0.4, -0.2) is 72.3 Å². The Morgan fingerprint density at radius 2 is 1.76 bits per heavy atom. The van der Waals surface area contributed by atoms with Crippen LogP contribution in [0.4, 0.5) is 4.39 Å². The molecule has 0 spiro atoms. The number of methoxy groups -OCH3 is 1. The third kappa shape index (κ3) is 5.56. The van der Waals surface area contributed by atoms with Crippen molar-refractivity contribution in [3.05, 3.63) is 58.9 Å². The second kappa shape index (κ2) is 9.69. The van der Waals surface area contributed by atoms with E-state index in [1.807, 2.05) is 19.0 Å². The molecule has 0 amide bonds. The van der Waals surface area contributed by atoms with E-state index in [1.165, 1.54) is 19.2 Å². The fourth-order valence-corrected chi connectivity index (χ4v) is 9.34. The number of benzene rings is 2.